The number of methoxy groups -OCH3 is 1. The lowest BCUT2D eigenvalue weighted by molar-refractivity contribution is 0.0162. The zero-order chi connectivity index (χ0) is 18.4. The lowest BCUT2D eigenvalue weighted by Crippen LogP contribution is -2.43. The predicted octanol–water partition coefficient (Wildman–Crippen LogP) is 2.55. The Morgan fingerprint density at radius 2 is 2.00 bits per heavy atom. The number of ether oxygens (including phenoxy) is 2. The average Bonchev–Trinajstić information content (AvgIpc) is 2.70. The maximum atomic E-state index is 12.5. The molecule has 1 saturated heterocycles. The van der Waals surface area contributed by atoms with Crippen LogP contribution >= 0.6 is 11.6 Å². The third-order valence-electron chi connectivity index (χ3n) is 4.40. The largest absolute Gasteiger partial charge is 0.481 e. The summed E-state index contributed by atoms with van der Waals surface area (Å²) in [5, 5.41) is 3.71. The van der Waals surface area contributed by atoms with Crippen LogP contribution < -0.4 is 10.1 Å². The van der Waals surface area contributed by atoms with E-state index in [2.05, 4.69) is 15.2 Å². The van der Waals surface area contributed by atoms with Gasteiger partial charge in [0, 0.05) is 36.9 Å². The molecule has 0 spiro atoms. The number of morpholine rings is 1. The number of carbonyl (C=O) groups is 1. The van der Waals surface area contributed by atoms with Crippen LogP contribution in [0, 0.1) is 0 Å². The van der Waals surface area contributed by atoms with Gasteiger partial charge in [0.2, 0.25) is 5.88 Å². The third kappa shape index (κ3) is 4.72. The van der Waals surface area contributed by atoms with E-state index in [9.17, 15) is 4.79 Å². The molecule has 2 heterocycles. The summed E-state index contributed by atoms with van der Waals surface area (Å²) in [4.78, 5) is 18.9. The highest BCUT2D eigenvalue weighted by Gasteiger charge is 2.23. The van der Waals surface area contributed by atoms with E-state index < -0.39 is 0 Å². The second-order valence-electron chi connectivity index (χ2n) is 6.01. The van der Waals surface area contributed by atoms with Gasteiger partial charge in [-0.3, -0.25) is 9.69 Å². The Bertz CT molecular complexity index is 716. The molecule has 0 bridgehead atoms. The molecule has 1 atom stereocenters. The molecule has 1 aromatic carbocycles. The van der Waals surface area contributed by atoms with Gasteiger partial charge in [-0.2, -0.15) is 0 Å². The minimum absolute atomic E-state index is 0.0614. The first-order valence-corrected chi connectivity index (χ1v) is 8.90. The molecule has 1 aliphatic rings. The summed E-state index contributed by atoms with van der Waals surface area (Å²) < 4.78 is 10.5. The van der Waals surface area contributed by atoms with Crippen molar-refractivity contribution in [1.82, 2.24) is 15.2 Å². The maximum Gasteiger partial charge on any atom is 0.252 e. The Balaban J connectivity index is 1.70. The standard InChI is InChI=1S/C19H22ClN3O3/c1-25-18-7-4-15(12-21-18)19(24)22-13-17(23-8-10-26-11-9-23)14-2-5-16(20)6-3-14/h2-7,12,17H,8-11,13H2,1H3,(H,22,24)/t17-/m0/s1. The number of hydrogen-bond acceptors (Lipinski definition) is 5. The molecule has 0 unspecified atom stereocenters. The Morgan fingerprint density at radius 3 is 2.62 bits per heavy atom. The number of aromatic nitrogens is 1. The van der Waals surface area contributed by atoms with Crippen LogP contribution in [-0.2, 0) is 4.74 Å². The molecule has 7 heteroatoms. The van der Waals surface area contributed by atoms with Gasteiger partial charge in [-0.1, -0.05) is 23.7 Å². The van der Waals surface area contributed by atoms with Gasteiger partial charge < -0.3 is 14.8 Å². The topological polar surface area (TPSA) is 63.7 Å². The first-order valence-electron chi connectivity index (χ1n) is 8.53. The van der Waals surface area contributed by atoms with E-state index in [0.29, 0.717) is 36.2 Å². The number of halogens is 1. The van der Waals surface area contributed by atoms with E-state index in [1.165, 1.54) is 6.20 Å². The number of hydrogen-bond donors (Lipinski definition) is 1. The Labute approximate surface area is 158 Å². The summed E-state index contributed by atoms with van der Waals surface area (Å²) in [6.45, 7) is 3.54. The van der Waals surface area contributed by atoms with Crippen LogP contribution in [-0.4, -0.2) is 55.7 Å². The number of carbonyl (C=O) groups excluding carboxylic acids is 1. The quantitative estimate of drug-likeness (QED) is 0.840. The molecule has 138 valence electrons. The molecule has 2 aromatic rings. The fourth-order valence-electron chi connectivity index (χ4n) is 2.96. The fourth-order valence-corrected chi connectivity index (χ4v) is 3.08. The monoisotopic (exact) mass is 375 g/mol. The number of nitrogens with zero attached hydrogens (tertiary/aromatic N) is 2. The number of rotatable bonds is 6. The van der Waals surface area contributed by atoms with E-state index in [1.54, 1.807) is 19.2 Å². The predicted molar refractivity (Wildman–Crippen MR) is 99.7 cm³/mol. The first-order chi connectivity index (χ1) is 12.7. The van der Waals surface area contributed by atoms with Crippen LogP contribution in [0.1, 0.15) is 22.0 Å². The fraction of sp³-hybridized carbons (Fsp3) is 0.368. The molecule has 1 aliphatic heterocycles. The highest BCUT2D eigenvalue weighted by atomic mass is 35.5. The van der Waals surface area contributed by atoms with Crippen molar-refractivity contribution in [3.8, 4) is 5.88 Å². The SMILES string of the molecule is COc1ccc(C(=O)NC[C@@H](c2ccc(Cl)cc2)N2CCOCC2)cn1. The van der Waals surface area contributed by atoms with E-state index in [0.717, 1.165) is 18.7 Å². The Kier molecular flexibility index (Phi) is 6.44. The number of amides is 1. The van der Waals surface area contributed by atoms with E-state index >= 15 is 0 Å². The lowest BCUT2D eigenvalue weighted by atomic mass is 10.0. The molecule has 1 fully saturated rings. The second-order valence-corrected chi connectivity index (χ2v) is 6.45. The molecule has 1 N–H and O–H groups in total. The van der Waals surface area contributed by atoms with Crippen LogP contribution in [0.4, 0.5) is 0 Å². The lowest BCUT2D eigenvalue weighted by Gasteiger charge is -2.35. The van der Waals surface area contributed by atoms with Gasteiger partial charge in [-0.05, 0) is 23.8 Å². The van der Waals surface area contributed by atoms with Gasteiger partial charge in [0.1, 0.15) is 0 Å². The van der Waals surface area contributed by atoms with Crippen molar-refractivity contribution >= 4 is 17.5 Å². The van der Waals surface area contributed by atoms with Crippen molar-refractivity contribution < 1.29 is 14.3 Å². The van der Waals surface area contributed by atoms with E-state index in [-0.39, 0.29) is 11.9 Å². The van der Waals surface area contributed by atoms with Crippen molar-refractivity contribution in [3.63, 3.8) is 0 Å². The number of nitrogens with one attached hydrogen (secondary N) is 1. The summed E-state index contributed by atoms with van der Waals surface area (Å²) in [5.41, 5.74) is 1.62. The van der Waals surface area contributed by atoms with Crippen LogP contribution in [0.15, 0.2) is 42.6 Å². The maximum absolute atomic E-state index is 12.5. The van der Waals surface area contributed by atoms with Crippen LogP contribution in [0.2, 0.25) is 5.02 Å². The van der Waals surface area contributed by atoms with Crippen molar-refractivity contribution in [1.29, 1.82) is 0 Å². The van der Waals surface area contributed by atoms with Crippen molar-refractivity contribution in [2.24, 2.45) is 0 Å². The number of pyridine rings is 1. The van der Waals surface area contributed by atoms with Gasteiger partial charge >= 0.3 is 0 Å². The highest BCUT2D eigenvalue weighted by Crippen LogP contribution is 2.23. The van der Waals surface area contributed by atoms with Crippen LogP contribution in [0.5, 0.6) is 5.88 Å². The zero-order valence-electron chi connectivity index (χ0n) is 14.7. The molecule has 1 amide bonds. The smallest absolute Gasteiger partial charge is 0.252 e. The first kappa shape index (κ1) is 18.6. The van der Waals surface area contributed by atoms with E-state index in [4.69, 9.17) is 21.1 Å². The summed E-state index contributed by atoms with van der Waals surface area (Å²) >= 11 is 6.01. The Hall–Kier alpha value is -2.15. The second kappa shape index (κ2) is 8.98. The van der Waals surface area contributed by atoms with Gasteiger partial charge in [0.05, 0.1) is 31.9 Å². The van der Waals surface area contributed by atoms with Crippen LogP contribution in [0.25, 0.3) is 0 Å². The summed E-state index contributed by atoms with van der Waals surface area (Å²) in [6, 6.07) is 11.2. The van der Waals surface area contributed by atoms with E-state index in [1.807, 2.05) is 24.3 Å². The minimum atomic E-state index is -0.160. The van der Waals surface area contributed by atoms with Crippen LogP contribution in [0.3, 0.4) is 0 Å². The van der Waals surface area contributed by atoms with Crippen molar-refractivity contribution in [2.75, 3.05) is 40.0 Å². The molecule has 26 heavy (non-hydrogen) atoms. The zero-order valence-corrected chi connectivity index (χ0v) is 15.4. The normalized spacial score (nSPS) is 16.1. The molecule has 3 rings (SSSR count). The molecule has 1 aromatic heterocycles. The molecule has 6 nitrogen and oxygen atoms in total. The van der Waals surface area contributed by atoms with Gasteiger partial charge in [0.25, 0.3) is 5.91 Å². The van der Waals surface area contributed by atoms with Gasteiger partial charge in [-0.25, -0.2) is 4.98 Å². The Morgan fingerprint density at radius 1 is 1.27 bits per heavy atom. The summed E-state index contributed by atoms with van der Waals surface area (Å²) in [7, 11) is 1.54. The highest BCUT2D eigenvalue weighted by molar-refractivity contribution is 6.30. The third-order valence-corrected chi connectivity index (χ3v) is 4.66. The summed E-state index contributed by atoms with van der Waals surface area (Å²) in [6.07, 6.45) is 1.51. The van der Waals surface area contributed by atoms with Crippen molar-refractivity contribution in [3.05, 3.63) is 58.7 Å². The molecular weight excluding hydrogens is 354 g/mol. The summed E-state index contributed by atoms with van der Waals surface area (Å²) in [5.74, 6) is 0.321. The molecule has 0 radical (unpaired) electrons. The number of benzene rings is 1. The molecular formula is C19H22ClN3O3. The minimum Gasteiger partial charge on any atom is -0.481 e. The average molecular weight is 376 g/mol. The molecule has 0 aliphatic carbocycles. The van der Waals surface area contributed by atoms with Gasteiger partial charge in [-0.15, -0.1) is 0 Å². The molecule has 0 saturated carbocycles. The van der Waals surface area contributed by atoms with Gasteiger partial charge in [0.15, 0.2) is 0 Å². The van der Waals surface area contributed by atoms with Crippen molar-refractivity contribution in [2.45, 2.75) is 6.04 Å².